The second-order valence-electron chi connectivity index (χ2n) is 5.85. The Morgan fingerprint density at radius 2 is 2.19 bits per heavy atom. The largest absolute Gasteiger partial charge is 0.393 e. The first kappa shape index (κ1) is 14.5. The van der Waals surface area contributed by atoms with Crippen molar-refractivity contribution in [3.05, 3.63) is 34.5 Å². The summed E-state index contributed by atoms with van der Waals surface area (Å²) < 4.78 is 14.7. The summed E-state index contributed by atoms with van der Waals surface area (Å²) in [7, 11) is 1.77. The van der Waals surface area contributed by atoms with Crippen LogP contribution in [0.1, 0.15) is 28.1 Å². The molecule has 0 atom stereocenters. The quantitative estimate of drug-likeness (QED) is 0.946. The molecule has 1 aliphatic carbocycles. The number of carbonyl (C=O) groups excluding carboxylic acids is 1. The first-order valence-corrected chi connectivity index (χ1v) is 7.90. The monoisotopic (exact) mass is 307 g/mol. The van der Waals surface area contributed by atoms with Gasteiger partial charge in [0.25, 0.3) is 5.91 Å². The Kier molecular flexibility index (Phi) is 3.71. The van der Waals surface area contributed by atoms with Crippen molar-refractivity contribution in [2.45, 2.75) is 25.9 Å². The molecule has 112 valence electrons. The Labute approximate surface area is 127 Å². The molecular formula is C16H18FNO2S. The van der Waals surface area contributed by atoms with Crippen molar-refractivity contribution in [1.29, 1.82) is 0 Å². The van der Waals surface area contributed by atoms with E-state index in [2.05, 4.69) is 0 Å². The van der Waals surface area contributed by atoms with Gasteiger partial charge in [-0.25, -0.2) is 4.39 Å². The number of benzene rings is 1. The molecular weight excluding hydrogens is 289 g/mol. The number of hydrogen-bond acceptors (Lipinski definition) is 3. The third-order valence-corrected chi connectivity index (χ3v) is 5.43. The van der Waals surface area contributed by atoms with Crippen LogP contribution in [-0.2, 0) is 0 Å². The van der Waals surface area contributed by atoms with E-state index in [1.54, 1.807) is 24.9 Å². The molecule has 0 unspecified atom stereocenters. The maximum Gasteiger partial charge on any atom is 0.263 e. The molecule has 3 rings (SSSR count). The second kappa shape index (κ2) is 5.39. The second-order valence-corrected chi connectivity index (χ2v) is 6.90. The minimum Gasteiger partial charge on any atom is -0.393 e. The van der Waals surface area contributed by atoms with E-state index >= 15 is 0 Å². The fourth-order valence-corrected chi connectivity index (χ4v) is 4.17. The highest BCUT2D eigenvalue weighted by molar-refractivity contribution is 7.21. The molecule has 0 saturated heterocycles. The summed E-state index contributed by atoms with van der Waals surface area (Å²) in [5, 5.41) is 9.87. The normalized spacial score (nSPS) is 21.3. The highest BCUT2D eigenvalue weighted by Crippen LogP contribution is 2.34. The Hall–Kier alpha value is -1.46. The van der Waals surface area contributed by atoms with Crippen molar-refractivity contribution in [2.24, 2.45) is 5.92 Å². The highest BCUT2D eigenvalue weighted by Gasteiger charge is 2.30. The topological polar surface area (TPSA) is 40.5 Å². The van der Waals surface area contributed by atoms with E-state index in [0.717, 1.165) is 23.1 Å². The van der Waals surface area contributed by atoms with E-state index in [4.69, 9.17) is 0 Å². The number of nitrogens with zero attached hydrogens (tertiary/aromatic N) is 1. The van der Waals surface area contributed by atoms with Crippen LogP contribution in [0.25, 0.3) is 10.1 Å². The van der Waals surface area contributed by atoms with Gasteiger partial charge < -0.3 is 10.0 Å². The summed E-state index contributed by atoms with van der Waals surface area (Å²) in [6.07, 6.45) is 1.31. The van der Waals surface area contributed by atoms with Crippen LogP contribution in [0.2, 0.25) is 0 Å². The number of carbonyl (C=O) groups is 1. The number of aliphatic hydroxyl groups excluding tert-OH is 1. The average Bonchev–Trinajstić information content (AvgIpc) is 2.74. The van der Waals surface area contributed by atoms with Crippen molar-refractivity contribution in [2.75, 3.05) is 13.6 Å². The van der Waals surface area contributed by atoms with Crippen molar-refractivity contribution in [1.82, 2.24) is 4.90 Å². The molecule has 1 aromatic carbocycles. The smallest absolute Gasteiger partial charge is 0.263 e. The maximum atomic E-state index is 13.9. The standard InChI is InChI=1S/C16H18FNO2S/c1-9-14-12(17)4-3-5-13(14)21-15(9)16(20)18(2)8-10-6-11(19)7-10/h3-5,10-11,19H,6-8H2,1-2H3. The van der Waals surface area contributed by atoms with E-state index < -0.39 is 0 Å². The average molecular weight is 307 g/mol. The van der Waals surface area contributed by atoms with Gasteiger partial charge in [0.15, 0.2) is 0 Å². The lowest BCUT2D eigenvalue weighted by molar-refractivity contribution is 0.0266. The van der Waals surface area contributed by atoms with Gasteiger partial charge in [-0.05, 0) is 43.4 Å². The number of fused-ring (bicyclic) bond motifs is 1. The van der Waals surface area contributed by atoms with Crippen molar-refractivity contribution in [3.63, 3.8) is 0 Å². The summed E-state index contributed by atoms with van der Waals surface area (Å²) in [5.74, 6) is 0.0416. The number of halogens is 1. The molecule has 5 heteroatoms. The van der Waals surface area contributed by atoms with Gasteiger partial charge >= 0.3 is 0 Å². The molecule has 0 aliphatic heterocycles. The van der Waals surface area contributed by atoms with Gasteiger partial charge in [-0.1, -0.05) is 6.07 Å². The molecule has 1 amide bonds. The van der Waals surface area contributed by atoms with Crippen LogP contribution in [0.5, 0.6) is 0 Å². The fraction of sp³-hybridized carbons (Fsp3) is 0.438. The summed E-state index contributed by atoms with van der Waals surface area (Å²) in [4.78, 5) is 14.9. The van der Waals surface area contributed by atoms with E-state index in [1.165, 1.54) is 17.4 Å². The summed E-state index contributed by atoms with van der Waals surface area (Å²) in [6, 6.07) is 4.94. The lowest BCUT2D eigenvalue weighted by Crippen LogP contribution is -2.39. The Balaban J connectivity index is 1.84. The van der Waals surface area contributed by atoms with Crippen molar-refractivity contribution >= 4 is 27.3 Å². The van der Waals surface area contributed by atoms with Gasteiger partial charge in [-0.2, -0.15) is 0 Å². The van der Waals surface area contributed by atoms with Gasteiger partial charge in [0, 0.05) is 23.7 Å². The van der Waals surface area contributed by atoms with Gasteiger partial charge in [-0.3, -0.25) is 4.79 Å². The lowest BCUT2D eigenvalue weighted by atomic mass is 9.82. The number of rotatable bonds is 3. The maximum absolute atomic E-state index is 13.9. The Morgan fingerprint density at radius 3 is 2.81 bits per heavy atom. The molecule has 0 bridgehead atoms. The van der Waals surface area contributed by atoms with Crippen LogP contribution >= 0.6 is 11.3 Å². The Morgan fingerprint density at radius 1 is 1.48 bits per heavy atom. The zero-order valence-electron chi connectivity index (χ0n) is 12.1. The van der Waals surface area contributed by atoms with Gasteiger partial charge in [-0.15, -0.1) is 11.3 Å². The number of thiophene rings is 1. The Bertz CT molecular complexity index is 691. The summed E-state index contributed by atoms with van der Waals surface area (Å²) >= 11 is 1.35. The molecule has 1 heterocycles. The molecule has 1 aromatic heterocycles. The van der Waals surface area contributed by atoms with Crippen LogP contribution in [0, 0.1) is 18.7 Å². The predicted octanol–water partition coefficient (Wildman–Crippen LogP) is 3.19. The first-order chi connectivity index (χ1) is 9.97. The minimum atomic E-state index is -0.273. The zero-order chi connectivity index (χ0) is 15.1. The van der Waals surface area contributed by atoms with Gasteiger partial charge in [0.05, 0.1) is 11.0 Å². The predicted molar refractivity (Wildman–Crippen MR) is 82.2 cm³/mol. The third-order valence-electron chi connectivity index (χ3n) is 4.19. The molecule has 0 spiro atoms. The molecule has 21 heavy (non-hydrogen) atoms. The van der Waals surface area contributed by atoms with E-state index in [-0.39, 0.29) is 17.8 Å². The number of hydrogen-bond donors (Lipinski definition) is 1. The van der Waals surface area contributed by atoms with Crippen molar-refractivity contribution in [3.8, 4) is 0 Å². The lowest BCUT2D eigenvalue weighted by Gasteiger charge is -2.34. The van der Waals surface area contributed by atoms with Crippen molar-refractivity contribution < 1.29 is 14.3 Å². The fourth-order valence-electron chi connectivity index (χ4n) is 2.95. The third kappa shape index (κ3) is 2.56. The molecule has 0 radical (unpaired) electrons. The molecule has 1 N–H and O–H groups in total. The molecule has 1 saturated carbocycles. The highest BCUT2D eigenvalue weighted by atomic mass is 32.1. The molecule has 1 fully saturated rings. The van der Waals surface area contributed by atoms with Crippen LogP contribution in [0.15, 0.2) is 18.2 Å². The zero-order valence-corrected chi connectivity index (χ0v) is 12.9. The van der Waals surface area contributed by atoms with Crippen LogP contribution in [0.3, 0.4) is 0 Å². The van der Waals surface area contributed by atoms with E-state index in [9.17, 15) is 14.3 Å². The van der Waals surface area contributed by atoms with E-state index in [0.29, 0.717) is 22.7 Å². The van der Waals surface area contributed by atoms with Gasteiger partial charge in [0.1, 0.15) is 5.82 Å². The molecule has 2 aromatic rings. The number of amides is 1. The van der Waals surface area contributed by atoms with Crippen LogP contribution in [0.4, 0.5) is 4.39 Å². The van der Waals surface area contributed by atoms with E-state index in [1.807, 2.05) is 6.07 Å². The van der Waals surface area contributed by atoms with Crippen LogP contribution in [-0.4, -0.2) is 35.6 Å². The number of aryl methyl sites for hydroxylation is 1. The van der Waals surface area contributed by atoms with Crippen LogP contribution < -0.4 is 0 Å². The number of aliphatic hydroxyl groups is 1. The molecule has 3 nitrogen and oxygen atoms in total. The SMILES string of the molecule is Cc1c(C(=O)N(C)CC2CC(O)C2)sc2cccc(F)c12. The van der Waals surface area contributed by atoms with Gasteiger partial charge in [0.2, 0.25) is 0 Å². The molecule has 1 aliphatic rings. The minimum absolute atomic E-state index is 0.0607. The first-order valence-electron chi connectivity index (χ1n) is 7.08. The summed E-state index contributed by atoms with van der Waals surface area (Å²) in [5.41, 5.74) is 0.721. The summed E-state index contributed by atoms with van der Waals surface area (Å²) in [6.45, 7) is 2.45.